The van der Waals surface area contributed by atoms with Crippen LogP contribution in [0.25, 0.3) is 11.3 Å². The van der Waals surface area contributed by atoms with Gasteiger partial charge in [0, 0.05) is 28.8 Å². The summed E-state index contributed by atoms with van der Waals surface area (Å²) in [5, 5.41) is 3.89. The van der Waals surface area contributed by atoms with Crippen LogP contribution in [0.4, 0.5) is 19.0 Å². The number of ether oxygens (including phenoxy) is 3. The van der Waals surface area contributed by atoms with Gasteiger partial charge in [-0.1, -0.05) is 11.2 Å². The number of pyridine rings is 1. The van der Waals surface area contributed by atoms with Gasteiger partial charge in [-0.25, -0.2) is 13.4 Å². The lowest BCUT2D eigenvalue weighted by Crippen LogP contribution is -2.21. The Balaban J connectivity index is 1.57. The first-order valence-corrected chi connectivity index (χ1v) is 11.5. The Labute approximate surface area is 191 Å². The highest BCUT2D eigenvalue weighted by atomic mass is 32.2. The number of benzene rings is 1. The number of rotatable bonds is 6. The van der Waals surface area contributed by atoms with Gasteiger partial charge in [-0.15, -0.1) is 13.2 Å². The summed E-state index contributed by atoms with van der Waals surface area (Å²) in [6.07, 6.45) is -1.52. The van der Waals surface area contributed by atoms with Crippen molar-refractivity contribution in [2.24, 2.45) is 0 Å². The van der Waals surface area contributed by atoms with Crippen LogP contribution >= 0.6 is 0 Å². The molecule has 0 unspecified atom stereocenters. The van der Waals surface area contributed by atoms with Crippen molar-refractivity contribution in [2.45, 2.75) is 35.9 Å². The molecule has 3 aromatic rings. The third-order valence-corrected chi connectivity index (χ3v) is 7.32. The molecule has 0 amide bonds. The minimum atomic E-state index is -4.85. The number of alkyl halides is 3. The summed E-state index contributed by atoms with van der Waals surface area (Å²) in [7, 11) is -1.71. The number of anilines is 1. The molecule has 5 rings (SSSR count). The Kier molecular flexibility index (Phi) is 4.93. The van der Waals surface area contributed by atoms with Gasteiger partial charge in [-0.3, -0.25) is 4.72 Å². The summed E-state index contributed by atoms with van der Waals surface area (Å²) in [4.78, 5) is 3.60. The van der Waals surface area contributed by atoms with Gasteiger partial charge in [0.25, 0.3) is 10.0 Å². The van der Waals surface area contributed by atoms with E-state index < -0.39 is 22.1 Å². The number of methoxy groups -OCH3 is 2. The smallest absolute Gasteiger partial charge is 0.495 e. The summed E-state index contributed by atoms with van der Waals surface area (Å²) in [6.45, 7) is 0. The van der Waals surface area contributed by atoms with E-state index in [-0.39, 0.29) is 33.5 Å². The molecule has 9 nitrogen and oxygen atoms in total. The molecule has 2 aromatic heterocycles. The summed E-state index contributed by atoms with van der Waals surface area (Å²) < 4.78 is 86.9. The van der Waals surface area contributed by atoms with Crippen LogP contribution in [-0.2, 0) is 21.9 Å². The molecular formula is C21H18F3N3O6S. The first-order chi connectivity index (χ1) is 16.1. The summed E-state index contributed by atoms with van der Waals surface area (Å²) in [5.74, 6) is -0.458. The lowest BCUT2D eigenvalue weighted by Gasteiger charge is -2.25. The number of sulfonamides is 1. The number of halogens is 3. The number of hydrogen-bond acceptors (Lipinski definition) is 8. The number of fused-ring (bicyclic) bond motifs is 4. The molecule has 34 heavy (non-hydrogen) atoms. The molecule has 1 N–H and O–H groups in total. The highest BCUT2D eigenvalue weighted by Gasteiger charge is 2.51. The van der Waals surface area contributed by atoms with Crippen molar-refractivity contribution in [3.63, 3.8) is 0 Å². The van der Waals surface area contributed by atoms with Crippen LogP contribution in [0.1, 0.15) is 24.0 Å². The van der Waals surface area contributed by atoms with E-state index in [1.165, 1.54) is 38.6 Å². The van der Waals surface area contributed by atoms with E-state index in [4.69, 9.17) is 14.0 Å². The molecule has 1 saturated carbocycles. The van der Waals surface area contributed by atoms with Crippen molar-refractivity contribution in [2.75, 3.05) is 18.9 Å². The minimum absolute atomic E-state index is 0.00895. The molecule has 0 saturated heterocycles. The zero-order chi connectivity index (χ0) is 24.3. The predicted molar refractivity (Wildman–Crippen MR) is 111 cm³/mol. The highest BCUT2D eigenvalue weighted by Crippen LogP contribution is 2.59. The maximum absolute atomic E-state index is 13.2. The highest BCUT2D eigenvalue weighted by molar-refractivity contribution is 7.93. The second kappa shape index (κ2) is 7.52. The third kappa shape index (κ3) is 3.69. The van der Waals surface area contributed by atoms with E-state index in [1.807, 2.05) is 0 Å². The van der Waals surface area contributed by atoms with Gasteiger partial charge < -0.3 is 18.7 Å². The second-order valence-corrected chi connectivity index (χ2v) is 9.63. The first-order valence-electron chi connectivity index (χ1n) is 10.1. The maximum Gasteiger partial charge on any atom is 0.573 e. The van der Waals surface area contributed by atoms with E-state index in [2.05, 4.69) is 19.6 Å². The Morgan fingerprint density at radius 3 is 2.56 bits per heavy atom. The second-order valence-electron chi connectivity index (χ2n) is 8.01. The fraction of sp³-hybridized carbons (Fsp3) is 0.333. The summed E-state index contributed by atoms with van der Waals surface area (Å²) in [6, 6.07) is 5.45. The van der Waals surface area contributed by atoms with E-state index in [0.29, 0.717) is 17.5 Å². The van der Waals surface area contributed by atoms with Crippen molar-refractivity contribution >= 4 is 15.8 Å². The van der Waals surface area contributed by atoms with Crippen LogP contribution in [-0.4, -0.2) is 39.1 Å². The predicted octanol–water partition coefficient (Wildman–Crippen LogP) is 4.04. The molecule has 0 atom stereocenters. The fourth-order valence-corrected chi connectivity index (χ4v) is 5.61. The monoisotopic (exact) mass is 497 g/mol. The summed E-state index contributed by atoms with van der Waals surface area (Å²) >= 11 is 0. The SMILES string of the molecule is COc1ccnc(OC)c1S(=O)(=O)Nc1noc2c1CC1(CC1)c1ccc(OC(F)(F)F)cc1-2. The lowest BCUT2D eigenvalue weighted by atomic mass is 9.79. The zero-order valence-electron chi connectivity index (χ0n) is 17.9. The minimum Gasteiger partial charge on any atom is -0.495 e. The van der Waals surface area contributed by atoms with Gasteiger partial charge in [0.15, 0.2) is 16.5 Å². The van der Waals surface area contributed by atoms with Crippen molar-refractivity contribution in [3.8, 4) is 28.7 Å². The Bertz CT molecular complexity index is 1360. The molecule has 1 spiro atoms. The van der Waals surface area contributed by atoms with Crippen molar-refractivity contribution < 1.29 is 40.3 Å². The van der Waals surface area contributed by atoms with Gasteiger partial charge in [-0.2, -0.15) is 0 Å². The van der Waals surface area contributed by atoms with Crippen LogP contribution < -0.4 is 18.9 Å². The van der Waals surface area contributed by atoms with Gasteiger partial charge in [0.05, 0.1) is 14.2 Å². The molecule has 0 bridgehead atoms. The van der Waals surface area contributed by atoms with E-state index in [1.54, 1.807) is 6.07 Å². The molecule has 180 valence electrons. The van der Waals surface area contributed by atoms with Crippen molar-refractivity contribution in [3.05, 3.63) is 41.6 Å². The zero-order valence-corrected chi connectivity index (χ0v) is 18.7. The van der Waals surface area contributed by atoms with Gasteiger partial charge in [0.2, 0.25) is 5.88 Å². The van der Waals surface area contributed by atoms with Crippen LogP contribution in [0.3, 0.4) is 0 Å². The number of nitrogens with one attached hydrogen (secondary N) is 1. The van der Waals surface area contributed by atoms with Crippen LogP contribution in [0.2, 0.25) is 0 Å². The quantitative estimate of drug-likeness (QED) is 0.543. The number of nitrogens with zero attached hydrogens (tertiary/aromatic N) is 2. The van der Waals surface area contributed by atoms with Gasteiger partial charge in [0.1, 0.15) is 11.5 Å². The van der Waals surface area contributed by atoms with Crippen molar-refractivity contribution in [1.29, 1.82) is 0 Å². The molecule has 2 aliphatic carbocycles. The molecule has 2 heterocycles. The third-order valence-electron chi connectivity index (χ3n) is 5.95. The molecular weight excluding hydrogens is 479 g/mol. The average molecular weight is 497 g/mol. The molecule has 0 radical (unpaired) electrons. The topological polar surface area (TPSA) is 113 Å². The first kappa shape index (κ1) is 22.3. The van der Waals surface area contributed by atoms with Gasteiger partial charge in [-0.05, 0) is 37.0 Å². The molecule has 2 aliphatic rings. The van der Waals surface area contributed by atoms with Gasteiger partial charge >= 0.3 is 6.36 Å². The molecule has 0 aliphatic heterocycles. The van der Waals surface area contributed by atoms with Crippen LogP contribution in [0.5, 0.6) is 17.4 Å². The Morgan fingerprint density at radius 2 is 1.91 bits per heavy atom. The molecule has 1 aromatic carbocycles. The Hall–Kier alpha value is -3.48. The van der Waals surface area contributed by atoms with E-state index >= 15 is 0 Å². The van der Waals surface area contributed by atoms with Crippen LogP contribution in [0, 0.1) is 0 Å². The van der Waals surface area contributed by atoms with Crippen LogP contribution in [0.15, 0.2) is 39.9 Å². The largest absolute Gasteiger partial charge is 0.573 e. The average Bonchev–Trinajstić information content (AvgIpc) is 3.44. The standard InChI is InChI=1S/C21H18F3N3O6S/c1-30-15-5-8-25-19(31-2)17(15)34(28,29)27-18-13-10-20(6-7-20)14-4-3-11(32-21(22,23)24)9-12(14)16(13)33-26-18/h3-5,8-9H,6-7,10H2,1-2H3,(H,26,27). The number of hydrogen-bond donors (Lipinski definition) is 1. The van der Waals surface area contributed by atoms with E-state index in [0.717, 1.165) is 18.4 Å². The molecule has 13 heteroatoms. The Morgan fingerprint density at radius 1 is 1.15 bits per heavy atom. The molecule has 1 fully saturated rings. The number of aromatic nitrogens is 2. The lowest BCUT2D eigenvalue weighted by molar-refractivity contribution is -0.274. The maximum atomic E-state index is 13.2. The van der Waals surface area contributed by atoms with E-state index in [9.17, 15) is 21.6 Å². The summed E-state index contributed by atoms with van der Waals surface area (Å²) in [5.41, 5.74) is 1.32. The normalized spacial score (nSPS) is 15.9. The van der Waals surface area contributed by atoms with Crippen molar-refractivity contribution in [1.82, 2.24) is 10.1 Å². The fourth-order valence-electron chi connectivity index (χ4n) is 4.31.